The number of halogens is 2. The Morgan fingerprint density at radius 3 is 2.37 bits per heavy atom. The van der Waals surface area contributed by atoms with Crippen molar-refractivity contribution >= 4 is 43.7 Å². The number of hydrogen-bond acceptors (Lipinski definition) is 2. The predicted molar refractivity (Wildman–Crippen MR) is 82.2 cm³/mol. The Kier molecular flexibility index (Phi) is 6.80. The van der Waals surface area contributed by atoms with Gasteiger partial charge in [-0.05, 0) is 24.3 Å². The molecule has 0 atom stereocenters. The minimum atomic E-state index is -0.190. The van der Waals surface area contributed by atoms with Gasteiger partial charge in [0.25, 0.3) is 5.91 Å². The number of carbonyl (C=O) groups is 2. The molecule has 2 amide bonds. The maximum absolute atomic E-state index is 11.7. The van der Waals surface area contributed by atoms with Crippen LogP contribution >= 0.6 is 31.9 Å². The fourth-order valence-corrected chi connectivity index (χ4v) is 1.68. The van der Waals surface area contributed by atoms with E-state index in [0.717, 1.165) is 4.47 Å². The van der Waals surface area contributed by atoms with Gasteiger partial charge < -0.3 is 10.6 Å². The van der Waals surface area contributed by atoms with Crippen molar-refractivity contribution in [1.29, 1.82) is 0 Å². The van der Waals surface area contributed by atoms with Crippen molar-refractivity contribution < 1.29 is 9.59 Å². The molecule has 0 aliphatic rings. The first-order valence-electron chi connectivity index (χ1n) is 5.63. The van der Waals surface area contributed by atoms with Crippen LogP contribution in [0.1, 0.15) is 16.8 Å². The summed E-state index contributed by atoms with van der Waals surface area (Å²) in [5.74, 6) is -0.318. The van der Waals surface area contributed by atoms with Crippen LogP contribution in [0.25, 0.3) is 0 Å². The highest BCUT2D eigenvalue weighted by Crippen LogP contribution is 2.10. The van der Waals surface area contributed by atoms with Gasteiger partial charge in [0.05, 0.1) is 0 Å². The molecule has 0 saturated carbocycles. The summed E-state index contributed by atoms with van der Waals surface area (Å²) >= 11 is 6.45. The van der Waals surface area contributed by atoms with E-state index < -0.39 is 0 Å². The molecule has 4 nitrogen and oxygen atoms in total. The highest BCUT2D eigenvalue weighted by molar-refractivity contribution is 9.11. The third-order valence-electron chi connectivity index (χ3n) is 2.22. The van der Waals surface area contributed by atoms with E-state index in [-0.39, 0.29) is 18.2 Å². The largest absolute Gasteiger partial charge is 0.352 e. The molecule has 0 heterocycles. The summed E-state index contributed by atoms with van der Waals surface area (Å²) in [5, 5.41) is 5.35. The molecule has 6 heteroatoms. The highest BCUT2D eigenvalue weighted by atomic mass is 79.9. The van der Waals surface area contributed by atoms with Gasteiger partial charge in [-0.3, -0.25) is 9.59 Å². The predicted octanol–water partition coefficient (Wildman–Crippen LogP) is 2.59. The lowest BCUT2D eigenvalue weighted by Crippen LogP contribution is -2.31. The molecule has 0 fully saturated rings. The molecule has 1 aromatic rings. The molecule has 0 spiro atoms. The third-order valence-corrected chi connectivity index (χ3v) is 3.03. The van der Waals surface area contributed by atoms with Gasteiger partial charge >= 0.3 is 0 Å². The number of benzene rings is 1. The Morgan fingerprint density at radius 2 is 1.79 bits per heavy atom. The van der Waals surface area contributed by atoms with Gasteiger partial charge in [-0.1, -0.05) is 38.4 Å². The monoisotopic (exact) mass is 388 g/mol. The zero-order chi connectivity index (χ0) is 14.3. The van der Waals surface area contributed by atoms with Crippen LogP contribution in [0.15, 0.2) is 39.8 Å². The second-order valence-corrected chi connectivity index (χ2v) is 5.84. The number of amides is 2. The van der Waals surface area contributed by atoms with Crippen LogP contribution < -0.4 is 10.6 Å². The molecule has 0 bridgehead atoms. The van der Waals surface area contributed by atoms with E-state index in [1.807, 2.05) is 0 Å². The molecule has 0 radical (unpaired) electrons. The highest BCUT2D eigenvalue weighted by Gasteiger charge is 2.06. The van der Waals surface area contributed by atoms with Crippen LogP contribution in [0.5, 0.6) is 0 Å². The Balaban J connectivity index is 2.29. The van der Waals surface area contributed by atoms with Crippen LogP contribution in [0.3, 0.4) is 0 Å². The normalized spacial score (nSPS) is 9.79. The molecular weight excluding hydrogens is 376 g/mol. The van der Waals surface area contributed by atoms with Gasteiger partial charge in [0.2, 0.25) is 5.91 Å². The maximum atomic E-state index is 11.7. The molecule has 2 N–H and O–H groups in total. The molecule has 102 valence electrons. The number of hydrogen-bond donors (Lipinski definition) is 2. The summed E-state index contributed by atoms with van der Waals surface area (Å²) in [6, 6.07) is 7.02. The average Bonchev–Trinajstić information content (AvgIpc) is 2.37. The Bertz CT molecular complexity index is 472. The standard InChI is InChI=1S/C13H14Br2N2O2/c1-9(14)8-17-12(18)6-7-16-13(19)10-2-4-11(15)5-3-10/h2-5H,1,6-8H2,(H,16,19)(H,17,18). The lowest BCUT2D eigenvalue weighted by atomic mass is 10.2. The first kappa shape index (κ1) is 15.9. The smallest absolute Gasteiger partial charge is 0.251 e. The molecule has 0 aliphatic heterocycles. The topological polar surface area (TPSA) is 58.2 Å². The van der Waals surface area contributed by atoms with E-state index in [4.69, 9.17) is 0 Å². The van der Waals surface area contributed by atoms with Crippen molar-refractivity contribution in [2.24, 2.45) is 0 Å². The number of nitrogens with one attached hydrogen (secondary N) is 2. The molecule has 0 unspecified atom stereocenters. The molecule has 0 aromatic heterocycles. The van der Waals surface area contributed by atoms with Gasteiger partial charge in [-0.25, -0.2) is 0 Å². The zero-order valence-electron chi connectivity index (χ0n) is 10.2. The molecule has 19 heavy (non-hydrogen) atoms. The van der Waals surface area contributed by atoms with Gasteiger partial charge in [0.15, 0.2) is 0 Å². The molecular formula is C13H14Br2N2O2. The van der Waals surface area contributed by atoms with E-state index in [0.29, 0.717) is 23.1 Å². The van der Waals surface area contributed by atoms with Crippen molar-refractivity contribution in [1.82, 2.24) is 10.6 Å². The number of rotatable bonds is 6. The SMILES string of the molecule is C=C(Br)CNC(=O)CCNC(=O)c1ccc(Br)cc1. The Morgan fingerprint density at radius 1 is 1.16 bits per heavy atom. The minimum Gasteiger partial charge on any atom is -0.352 e. The molecule has 1 aromatic carbocycles. The zero-order valence-corrected chi connectivity index (χ0v) is 13.4. The fourth-order valence-electron chi connectivity index (χ4n) is 1.28. The Hall–Kier alpha value is -1.14. The van der Waals surface area contributed by atoms with Crippen LogP contribution in [0, 0.1) is 0 Å². The van der Waals surface area contributed by atoms with E-state index in [9.17, 15) is 9.59 Å². The molecule has 1 rings (SSSR count). The van der Waals surface area contributed by atoms with Crippen molar-refractivity contribution in [3.63, 3.8) is 0 Å². The van der Waals surface area contributed by atoms with Crippen molar-refractivity contribution in [2.45, 2.75) is 6.42 Å². The van der Waals surface area contributed by atoms with Crippen molar-refractivity contribution in [3.8, 4) is 0 Å². The lowest BCUT2D eigenvalue weighted by molar-refractivity contribution is -0.120. The second-order valence-electron chi connectivity index (χ2n) is 3.81. The summed E-state index contributed by atoms with van der Waals surface area (Å²) in [6.07, 6.45) is 0.239. The van der Waals surface area contributed by atoms with Crippen molar-refractivity contribution in [2.75, 3.05) is 13.1 Å². The van der Waals surface area contributed by atoms with E-state index in [1.54, 1.807) is 24.3 Å². The first-order chi connectivity index (χ1) is 8.99. The second kappa shape index (κ2) is 8.12. The maximum Gasteiger partial charge on any atom is 0.251 e. The summed E-state index contributed by atoms with van der Waals surface area (Å²) in [6.45, 7) is 4.30. The van der Waals surface area contributed by atoms with Crippen LogP contribution in [0.4, 0.5) is 0 Å². The summed E-state index contributed by atoms with van der Waals surface area (Å²) in [5.41, 5.74) is 0.567. The van der Waals surface area contributed by atoms with E-state index in [1.165, 1.54) is 0 Å². The number of carbonyl (C=O) groups excluding carboxylic acids is 2. The van der Waals surface area contributed by atoms with Gasteiger partial charge in [0, 0.05) is 34.0 Å². The Labute approximate surface area is 128 Å². The average molecular weight is 390 g/mol. The first-order valence-corrected chi connectivity index (χ1v) is 7.21. The van der Waals surface area contributed by atoms with Gasteiger partial charge in [-0.2, -0.15) is 0 Å². The van der Waals surface area contributed by atoms with Gasteiger partial charge in [-0.15, -0.1) is 0 Å². The fraction of sp³-hybridized carbons (Fsp3) is 0.231. The summed E-state index contributed by atoms with van der Waals surface area (Å²) in [4.78, 5) is 23.1. The van der Waals surface area contributed by atoms with Crippen LogP contribution in [-0.2, 0) is 4.79 Å². The van der Waals surface area contributed by atoms with Gasteiger partial charge in [0.1, 0.15) is 0 Å². The van der Waals surface area contributed by atoms with Crippen LogP contribution in [0.2, 0.25) is 0 Å². The minimum absolute atomic E-state index is 0.128. The third kappa shape index (κ3) is 6.54. The summed E-state index contributed by atoms with van der Waals surface area (Å²) in [7, 11) is 0. The summed E-state index contributed by atoms with van der Waals surface area (Å²) < 4.78 is 1.62. The van der Waals surface area contributed by atoms with Crippen LogP contribution in [-0.4, -0.2) is 24.9 Å². The molecule has 0 aliphatic carbocycles. The quantitative estimate of drug-likeness (QED) is 0.785. The van der Waals surface area contributed by atoms with E-state index in [2.05, 4.69) is 49.1 Å². The van der Waals surface area contributed by atoms with Crippen molar-refractivity contribution in [3.05, 3.63) is 45.4 Å². The lowest BCUT2D eigenvalue weighted by Gasteiger charge is -2.06. The van der Waals surface area contributed by atoms with E-state index >= 15 is 0 Å². The molecule has 0 saturated heterocycles.